The van der Waals surface area contributed by atoms with Crippen molar-refractivity contribution in [2.45, 2.75) is 32.3 Å². The Hall–Kier alpha value is -1.62. The zero-order chi connectivity index (χ0) is 13.2. The number of hydrogen-bond donors (Lipinski definition) is 1. The van der Waals surface area contributed by atoms with Gasteiger partial charge in [0.15, 0.2) is 0 Å². The summed E-state index contributed by atoms with van der Waals surface area (Å²) in [6, 6.07) is 5.31. The average molecular weight is 250 g/mol. The van der Waals surface area contributed by atoms with Crippen molar-refractivity contribution in [3.8, 4) is 0 Å². The Balaban J connectivity index is 2.14. The molecule has 1 aromatic rings. The molecule has 0 aliphatic carbocycles. The summed E-state index contributed by atoms with van der Waals surface area (Å²) < 4.78 is 5.66. The van der Waals surface area contributed by atoms with Crippen molar-refractivity contribution in [2.24, 2.45) is 0 Å². The van der Waals surface area contributed by atoms with E-state index in [-0.39, 0.29) is 16.2 Å². The van der Waals surface area contributed by atoms with Crippen LogP contribution in [0, 0.1) is 17.0 Å². The third kappa shape index (κ3) is 2.61. The predicted molar refractivity (Wildman–Crippen MR) is 69.9 cm³/mol. The van der Waals surface area contributed by atoms with Crippen molar-refractivity contribution in [3.05, 3.63) is 33.9 Å². The number of rotatable bonds is 4. The maximum Gasteiger partial charge on any atom is 0.295 e. The Morgan fingerprint density at radius 3 is 2.94 bits per heavy atom. The van der Waals surface area contributed by atoms with E-state index in [4.69, 9.17) is 4.74 Å². The molecule has 1 unspecified atom stereocenters. The molecule has 18 heavy (non-hydrogen) atoms. The molecular weight excluding hydrogens is 232 g/mol. The summed E-state index contributed by atoms with van der Waals surface area (Å²) in [5.74, 6) is 0. The number of ether oxygens (including phenoxy) is 1. The van der Waals surface area contributed by atoms with Crippen LogP contribution in [0.15, 0.2) is 18.2 Å². The maximum atomic E-state index is 11.1. The van der Waals surface area contributed by atoms with E-state index in [1.165, 1.54) is 0 Å². The van der Waals surface area contributed by atoms with Crippen LogP contribution in [0.2, 0.25) is 0 Å². The summed E-state index contributed by atoms with van der Waals surface area (Å²) >= 11 is 0. The Kier molecular flexibility index (Phi) is 3.52. The molecule has 1 atom stereocenters. The van der Waals surface area contributed by atoms with Gasteiger partial charge in [0.1, 0.15) is 5.69 Å². The van der Waals surface area contributed by atoms with E-state index in [1.54, 1.807) is 19.1 Å². The number of benzene rings is 1. The van der Waals surface area contributed by atoms with E-state index >= 15 is 0 Å². The fourth-order valence-electron chi connectivity index (χ4n) is 2.30. The lowest BCUT2D eigenvalue weighted by atomic mass is 10.0. The molecule has 1 aliphatic heterocycles. The minimum Gasteiger partial charge on any atom is -0.377 e. The molecule has 5 heteroatoms. The summed E-state index contributed by atoms with van der Waals surface area (Å²) in [6.07, 6.45) is 2.04. The van der Waals surface area contributed by atoms with Crippen LogP contribution in [0.1, 0.15) is 25.3 Å². The average Bonchev–Trinajstić information content (AvgIpc) is 2.73. The van der Waals surface area contributed by atoms with Crippen molar-refractivity contribution in [2.75, 3.05) is 18.5 Å². The highest BCUT2D eigenvalue weighted by Crippen LogP contribution is 2.30. The normalized spacial score (nSPS) is 23.0. The number of hydrogen-bond acceptors (Lipinski definition) is 4. The summed E-state index contributed by atoms with van der Waals surface area (Å²) in [7, 11) is 0. The third-order valence-corrected chi connectivity index (χ3v) is 3.37. The molecule has 0 amide bonds. The number of nitrogens with one attached hydrogen (secondary N) is 1. The Morgan fingerprint density at radius 1 is 1.56 bits per heavy atom. The van der Waals surface area contributed by atoms with Gasteiger partial charge in [-0.15, -0.1) is 0 Å². The number of nitro benzene ring substituents is 1. The van der Waals surface area contributed by atoms with Gasteiger partial charge in [-0.2, -0.15) is 0 Å². The van der Waals surface area contributed by atoms with Gasteiger partial charge >= 0.3 is 0 Å². The first-order valence-corrected chi connectivity index (χ1v) is 6.14. The van der Waals surface area contributed by atoms with E-state index in [0.717, 1.165) is 19.4 Å². The van der Waals surface area contributed by atoms with Crippen LogP contribution in [-0.2, 0) is 4.74 Å². The first-order chi connectivity index (χ1) is 8.52. The van der Waals surface area contributed by atoms with Crippen LogP contribution in [0.4, 0.5) is 11.4 Å². The zero-order valence-corrected chi connectivity index (χ0v) is 10.7. The first-order valence-electron chi connectivity index (χ1n) is 6.14. The van der Waals surface area contributed by atoms with Crippen molar-refractivity contribution >= 4 is 11.4 Å². The Labute approximate surface area is 106 Å². The molecule has 1 N–H and O–H groups in total. The molecule has 0 aromatic heterocycles. The molecule has 0 radical (unpaired) electrons. The van der Waals surface area contributed by atoms with Crippen molar-refractivity contribution in [1.82, 2.24) is 0 Å². The van der Waals surface area contributed by atoms with Crippen LogP contribution in [-0.4, -0.2) is 23.7 Å². The number of nitro groups is 1. The van der Waals surface area contributed by atoms with Gasteiger partial charge in [-0.1, -0.05) is 12.1 Å². The van der Waals surface area contributed by atoms with Crippen LogP contribution >= 0.6 is 0 Å². The molecular formula is C13H18N2O3. The third-order valence-electron chi connectivity index (χ3n) is 3.37. The summed E-state index contributed by atoms with van der Waals surface area (Å²) in [5, 5.41) is 14.2. The number of aryl methyl sites for hydroxylation is 1. The van der Waals surface area contributed by atoms with Crippen LogP contribution in [0.3, 0.4) is 0 Å². The Bertz CT molecular complexity index is 454. The molecule has 1 aliphatic rings. The molecule has 1 fully saturated rings. The number of para-hydroxylation sites is 1. The highest BCUT2D eigenvalue weighted by molar-refractivity contribution is 5.65. The van der Waals surface area contributed by atoms with Gasteiger partial charge in [-0.05, 0) is 32.8 Å². The second-order valence-corrected chi connectivity index (χ2v) is 4.98. The second-order valence-electron chi connectivity index (χ2n) is 4.98. The molecule has 2 rings (SSSR count). The largest absolute Gasteiger partial charge is 0.377 e. The summed E-state index contributed by atoms with van der Waals surface area (Å²) in [4.78, 5) is 10.7. The van der Waals surface area contributed by atoms with Crippen LogP contribution in [0.5, 0.6) is 0 Å². The quantitative estimate of drug-likeness (QED) is 0.659. The van der Waals surface area contributed by atoms with E-state index in [9.17, 15) is 10.1 Å². The molecule has 1 aromatic carbocycles. The van der Waals surface area contributed by atoms with Crippen molar-refractivity contribution in [1.29, 1.82) is 0 Å². The van der Waals surface area contributed by atoms with Gasteiger partial charge in [0.05, 0.1) is 10.5 Å². The molecule has 0 spiro atoms. The lowest BCUT2D eigenvalue weighted by Crippen LogP contribution is -2.32. The lowest BCUT2D eigenvalue weighted by Gasteiger charge is -2.24. The molecule has 1 saturated heterocycles. The van der Waals surface area contributed by atoms with Gasteiger partial charge in [0.25, 0.3) is 5.69 Å². The Morgan fingerprint density at radius 2 is 2.33 bits per heavy atom. The zero-order valence-electron chi connectivity index (χ0n) is 10.7. The monoisotopic (exact) mass is 250 g/mol. The molecule has 0 saturated carbocycles. The minimum absolute atomic E-state index is 0.152. The highest BCUT2D eigenvalue weighted by Gasteiger charge is 2.30. The smallest absolute Gasteiger partial charge is 0.295 e. The summed E-state index contributed by atoms with van der Waals surface area (Å²) in [6.45, 7) is 5.15. The number of anilines is 1. The predicted octanol–water partition coefficient (Wildman–Crippen LogP) is 2.88. The molecule has 1 heterocycles. The number of nitrogens with zero attached hydrogens (tertiary/aromatic N) is 1. The van der Waals surface area contributed by atoms with Gasteiger partial charge in [0, 0.05) is 18.7 Å². The van der Waals surface area contributed by atoms with Crippen molar-refractivity contribution in [3.63, 3.8) is 0 Å². The van der Waals surface area contributed by atoms with Gasteiger partial charge in [0.2, 0.25) is 0 Å². The van der Waals surface area contributed by atoms with Gasteiger partial charge in [-0.25, -0.2) is 0 Å². The summed E-state index contributed by atoms with van der Waals surface area (Å²) in [5.41, 5.74) is 1.18. The van der Waals surface area contributed by atoms with Crippen molar-refractivity contribution < 1.29 is 9.66 Å². The van der Waals surface area contributed by atoms with Crippen LogP contribution in [0.25, 0.3) is 0 Å². The lowest BCUT2D eigenvalue weighted by molar-refractivity contribution is -0.384. The minimum atomic E-state index is -0.338. The SMILES string of the molecule is Cc1cccc(NCC2(C)CCCO2)c1[N+](=O)[O-]. The van der Waals surface area contributed by atoms with Gasteiger partial charge < -0.3 is 10.1 Å². The first kappa shape index (κ1) is 12.8. The van der Waals surface area contributed by atoms with Gasteiger partial charge in [-0.3, -0.25) is 10.1 Å². The molecule has 0 bridgehead atoms. The highest BCUT2D eigenvalue weighted by atomic mass is 16.6. The van der Waals surface area contributed by atoms with Crippen LogP contribution < -0.4 is 5.32 Å². The van der Waals surface area contributed by atoms with E-state index in [0.29, 0.717) is 17.8 Å². The van der Waals surface area contributed by atoms with E-state index < -0.39 is 0 Å². The topological polar surface area (TPSA) is 64.4 Å². The van der Waals surface area contributed by atoms with E-state index in [1.807, 2.05) is 13.0 Å². The maximum absolute atomic E-state index is 11.1. The standard InChI is InChI=1S/C13H18N2O3/c1-10-5-3-6-11(12(10)15(16)17)14-9-13(2)7-4-8-18-13/h3,5-6,14H,4,7-9H2,1-2H3. The second kappa shape index (κ2) is 4.94. The van der Waals surface area contributed by atoms with E-state index in [2.05, 4.69) is 5.32 Å². The molecule has 98 valence electrons. The molecule has 5 nitrogen and oxygen atoms in total. The fraction of sp³-hybridized carbons (Fsp3) is 0.538. The fourth-order valence-corrected chi connectivity index (χ4v) is 2.30.